The normalized spacial score (nSPS) is 17.2. The largest absolute Gasteiger partial charge is 0.444 e. The van der Waals surface area contributed by atoms with E-state index in [4.69, 9.17) is 9.47 Å². The van der Waals surface area contributed by atoms with Gasteiger partial charge in [-0.15, -0.1) is 0 Å². The van der Waals surface area contributed by atoms with E-state index in [1.54, 1.807) is 18.7 Å². The molecule has 0 aromatic heterocycles. The standard InChI is InChI=1S/C26H29IN2O4/c1-25(2,3)33-24(31)29-20(18-32-26(29,4)5)15-16-23(30)28(17-19-11-7-6-8-12-19)22-14-10-9-13-21(22)27/h6-14,20H,17-18H2,1-5H3/t20-/m1/s1. The van der Waals surface area contributed by atoms with Crippen LogP contribution >= 0.6 is 22.6 Å². The van der Waals surface area contributed by atoms with Gasteiger partial charge in [0, 0.05) is 3.57 Å². The average molecular weight is 560 g/mol. The molecule has 1 aliphatic rings. The first-order valence-electron chi connectivity index (χ1n) is 10.8. The summed E-state index contributed by atoms with van der Waals surface area (Å²) in [6.45, 7) is 9.58. The zero-order chi connectivity index (χ0) is 24.2. The summed E-state index contributed by atoms with van der Waals surface area (Å²) in [6, 6.07) is 16.9. The third-order valence-electron chi connectivity index (χ3n) is 4.99. The van der Waals surface area contributed by atoms with Gasteiger partial charge in [-0.1, -0.05) is 48.4 Å². The van der Waals surface area contributed by atoms with Gasteiger partial charge in [0.2, 0.25) is 0 Å². The number of hydrogen-bond donors (Lipinski definition) is 0. The maximum absolute atomic E-state index is 13.3. The number of benzene rings is 2. The summed E-state index contributed by atoms with van der Waals surface area (Å²) < 4.78 is 12.3. The van der Waals surface area contributed by atoms with Gasteiger partial charge in [-0.05, 0) is 80.8 Å². The molecule has 0 bridgehead atoms. The van der Waals surface area contributed by atoms with Crippen molar-refractivity contribution >= 4 is 40.3 Å². The molecule has 0 unspecified atom stereocenters. The monoisotopic (exact) mass is 560 g/mol. The second kappa shape index (κ2) is 10.1. The van der Waals surface area contributed by atoms with Crippen molar-refractivity contribution in [1.82, 2.24) is 4.90 Å². The molecule has 0 N–H and O–H groups in total. The first-order valence-corrected chi connectivity index (χ1v) is 11.8. The van der Waals surface area contributed by atoms with Crippen LogP contribution < -0.4 is 4.90 Å². The molecule has 174 valence electrons. The van der Waals surface area contributed by atoms with Gasteiger partial charge in [-0.2, -0.15) is 0 Å². The number of halogens is 1. The van der Waals surface area contributed by atoms with Crippen LogP contribution in [-0.4, -0.2) is 40.9 Å². The van der Waals surface area contributed by atoms with Gasteiger partial charge in [-0.25, -0.2) is 4.79 Å². The highest BCUT2D eigenvalue weighted by molar-refractivity contribution is 14.1. The van der Waals surface area contributed by atoms with E-state index in [0.717, 1.165) is 14.8 Å². The fourth-order valence-corrected chi connectivity index (χ4v) is 4.16. The van der Waals surface area contributed by atoms with E-state index in [0.29, 0.717) is 6.54 Å². The van der Waals surface area contributed by atoms with E-state index in [9.17, 15) is 9.59 Å². The summed E-state index contributed by atoms with van der Waals surface area (Å²) in [6.07, 6.45) is -0.518. The molecule has 0 radical (unpaired) electrons. The van der Waals surface area contributed by atoms with Gasteiger partial charge in [0.15, 0.2) is 0 Å². The zero-order valence-corrected chi connectivity index (χ0v) is 21.8. The summed E-state index contributed by atoms with van der Waals surface area (Å²) in [4.78, 5) is 29.2. The van der Waals surface area contributed by atoms with Gasteiger partial charge in [-0.3, -0.25) is 14.6 Å². The van der Waals surface area contributed by atoms with Crippen LogP contribution in [0.4, 0.5) is 10.5 Å². The van der Waals surface area contributed by atoms with Crippen LogP contribution in [-0.2, 0) is 20.8 Å². The Balaban J connectivity index is 1.88. The molecular formula is C26H29IN2O4. The zero-order valence-electron chi connectivity index (χ0n) is 19.6. The predicted octanol–water partition coefficient (Wildman–Crippen LogP) is 5.20. The lowest BCUT2D eigenvalue weighted by molar-refractivity contribution is -0.113. The van der Waals surface area contributed by atoms with Crippen LogP contribution in [0.3, 0.4) is 0 Å². The molecule has 2 aromatic carbocycles. The Morgan fingerprint density at radius 1 is 1.15 bits per heavy atom. The minimum Gasteiger partial charge on any atom is -0.444 e. The summed E-state index contributed by atoms with van der Waals surface area (Å²) in [5, 5.41) is 0. The summed E-state index contributed by atoms with van der Waals surface area (Å²) in [5.74, 6) is 5.38. The quantitative estimate of drug-likeness (QED) is 0.383. The Morgan fingerprint density at radius 2 is 1.79 bits per heavy atom. The van der Waals surface area contributed by atoms with E-state index in [1.165, 1.54) is 4.90 Å². The number of hydrogen-bond acceptors (Lipinski definition) is 4. The van der Waals surface area contributed by atoms with Crippen LogP contribution in [0, 0.1) is 15.4 Å². The van der Waals surface area contributed by atoms with Crippen LogP contribution in [0.25, 0.3) is 0 Å². The number of para-hydroxylation sites is 1. The number of nitrogens with zero attached hydrogens (tertiary/aromatic N) is 2. The SMILES string of the molecule is CC(C)(C)OC(=O)N1[C@H](C#CC(=O)N(Cc2ccccc2)c2ccccc2I)COC1(C)C. The van der Waals surface area contributed by atoms with Gasteiger partial charge < -0.3 is 9.47 Å². The lowest BCUT2D eigenvalue weighted by Crippen LogP contribution is -2.49. The average Bonchev–Trinajstić information content (AvgIpc) is 3.04. The molecule has 1 fully saturated rings. The Kier molecular flexibility index (Phi) is 7.70. The Hall–Kier alpha value is -2.57. The number of rotatable bonds is 3. The lowest BCUT2D eigenvalue weighted by atomic mass is 10.2. The highest BCUT2D eigenvalue weighted by atomic mass is 127. The Bertz CT molecular complexity index is 1070. The molecule has 1 heterocycles. The van der Waals surface area contributed by atoms with Crippen molar-refractivity contribution < 1.29 is 19.1 Å². The predicted molar refractivity (Wildman–Crippen MR) is 136 cm³/mol. The van der Waals surface area contributed by atoms with Gasteiger partial charge in [0.25, 0.3) is 0 Å². The fourth-order valence-electron chi connectivity index (χ4n) is 3.48. The maximum Gasteiger partial charge on any atom is 0.413 e. The Labute approximate surface area is 209 Å². The van der Waals surface area contributed by atoms with Crippen LogP contribution in [0.1, 0.15) is 40.2 Å². The molecule has 1 atom stereocenters. The minimum absolute atomic E-state index is 0.202. The van der Waals surface area contributed by atoms with Crippen molar-refractivity contribution in [2.24, 2.45) is 0 Å². The van der Waals surface area contributed by atoms with Crippen LogP contribution in [0.15, 0.2) is 54.6 Å². The highest BCUT2D eigenvalue weighted by Crippen LogP contribution is 2.29. The molecule has 3 rings (SSSR count). The van der Waals surface area contributed by atoms with E-state index < -0.39 is 23.5 Å². The first kappa shape index (κ1) is 25.1. The highest BCUT2D eigenvalue weighted by Gasteiger charge is 2.45. The van der Waals surface area contributed by atoms with Gasteiger partial charge >= 0.3 is 12.0 Å². The minimum atomic E-state index is -0.886. The van der Waals surface area contributed by atoms with E-state index in [2.05, 4.69) is 34.4 Å². The first-order chi connectivity index (χ1) is 15.5. The molecule has 7 heteroatoms. The molecule has 2 aromatic rings. The van der Waals surface area contributed by atoms with Gasteiger partial charge in [0.05, 0.1) is 18.8 Å². The van der Waals surface area contributed by atoms with Crippen molar-refractivity contribution in [2.75, 3.05) is 11.5 Å². The summed E-state index contributed by atoms with van der Waals surface area (Å²) >= 11 is 2.22. The third-order valence-corrected chi connectivity index (χ3v) is 5.91. The second-order valence-electron chi connectivity index (χ2n) is 9.22. The smallest absolute Gasteiger partial charge is 0.413 e. The van der Waals surface area contributed by atoms with Gasteiger partial charge in [0.1, 0.15) is 17.4 Å². The summed E-state index contributed by atoms with van der Waals surface area (Å²) in [7, 11) is 0. The van der Waals surface area contributed by atoms with Crippen molar-refractivity contribution in [3.8, 4) is 11.8 Å². The van der Waals surface area contributed by atoms with Crippen LogP contribution in [0.5, 0.6) is 0 Å². The second-order valence-corrected chi connectivity index (χ2v) is 10.4. The van der Waals surface area contributed by atoms with E-state index >= 15 is 0 Å². The molecule has 6 nitrogen and oxygen atoms in total. The molecule has 0 spiro atoms. The van der Waals surface area contributed by atoms with Crippen molar-refractivity contribution in [2.45, 2.75) is 58.5 Å². The molecule has 0 aliphatic carbocycles. The van der Waals surface area contributed by atoms with Crippen LogP contribution in [0.2, 0.25) is 0 Å². The molecular weight excluding hydrogens is 531 g/mol. The number of anilines is 1. The maximum atomic E-state index is 13.3. The molecule has 1 aliphatic heterocycles. The number of amides is 2. The third kappa shape index (κ3) is 6.49. The number of carbonyl (C=O) groups excluding carboxylic acids is 2. The van der Waals surface area contributed by atoms with Crippen molar-refractivity contribution in [3.63, 3.8) is 0 Å². The van der Waals surface area contributed by atoms with Crippen molar-refractivity contribution in [3.05, 3.63) is 63.7 Å². The molecule has 1 saturated heterocycles. The van der Waals surface area contributed by atoms with E-state index in [1.807, 2.05) is 75.4 Å². The lowest BCUT2D eigenvalue weighted by Gasteiger charge is -2.33. The Morgan fingerprint density at radius 3 is 2.42 bits per heavy atom. The molecule has 33 heavy (non-hydrogen) atoms. The van der Waals surface area contributed by atoms with E-state index in [-0.39, 0.29) is 12.5 Å². The number of ether oxygens (including phenoxy) is 2. The fraction of sp³-hybridized carbons (Fsp3) is 0.385. The van der Waals surface area contributed by atoms with Crippen molar-refractivity contribution in [1.29, 1.82) is 0 Å². The molecule has 2 amide bonds. The molecule has 0 saturated carbocycles. The summed E-state index contributed by atoms with van der Waals surface area (Å²) in [5.41, 5.74) is 0.241. The topological polar surface area (TPSA) is 59.1 Å². The number of carbonyl (C=O) groups is 2.